The van der Waals surface area contributed by atoms with Crippen molar-refractivity contribution in [2.45, 2.75) is 52.1 Å². The van der Waals surface area contributed by atoms with E-state index in [1.165, 1.54) is 19.5 Å². The normalized spacial score (nSPS) is 22.3. The molecule has 1 aromatic rings. The van der Waals surface area contributed by atoms with E-state index in [1.807, 2.05) is 13.3 Å². The monoisotopic (exact) mass is 265 g/mol. The van der Waals surface area contributed by atoms with Crippen LogP contribution in [0.4, 0.5) is 0 Å². The maximum Gasteiger partial charge on any atom is 0.194 e. The zero-order valence-electron chi connectivity index (χ0n) is 12.6. The zero-order chi connectivity index (χ0) is 13.8. The molecule has 1 aliphatic rings. The van der Waals surface area contributed by atoms with Gasteiger partial charge < -0.3 is 14.6 Å². The van der Waals surface area contributed by atoms with Gasteiger partial charge >= 0.3 is 0 Å². The molecule has 2 rings (SSSR count). The lowest BCUT2D eigenvalue weighted by Gasteiger charge is -2.19. The van der Waals surface area contributed by atoms with Crippen molar-refractivity contribution in [2.24, 2.45) is 5.92 Å². The van der Waals surface area contributed by atoms with E-state index in [0.717, 1.165) is 24.4 Å². The Labute approximate surface area is 116 Å². The maximum atomic E-state index is 5.61. The van der Waals surface area contributed by atoms with Crippen LogP contribution in [0.1, 0.15) is 38.8 Å². The Bertz CT molecular complexity index is 388. The van der Waals surface area contributed by atoms with Crippen molar-refractivity contribution in [3.05, 3.63) is 17.8 Å². The highest BCUT2D eigenvalue weighted by Gasteiger charge is 2.25. The molecule has 1 aliphatic heterocycles. The van der Waals surface area contributed by atoms with Crippen LogP contribution in [0, 0.1) is 5.92 Å². The number of hydrogen-bond acceptors (Lipinski definition) is 4. The molecule has 0 aliphatic carbocycles. The van der Waals surface area contributed by atoms with Gasteiger partial charge in [-0.15, -0.1) is 0 Å². The largest absolute Gasteiger partial charge is 0.449 e. The second kappa shape index (κ2) is 6.53. The van der Waals surface area contributed by atoms with E-state index in [9.17, 15) is 0 Å². The van der Waals surface area contributed by atoms with Gasteiger partial charge in [0.05, 0.1) is 5.69 Å². The molecule has 0 radical (unpaired) electrons. The lowest BCUT2D eigenvalue weighted by Crippen LogP contribution is -2.28. The van der Waals surface area contributed by atoms with Crippen LogP contribution >= 0.6 is 0 Å². The quantitative estimate of drug-likeness (QED) is 0.855. The topological polar surface area (TPSA) is 41.3 Å². The summed E-state index contributed by atoms with van der Waals surface area (Å²) in [5.74, 6) is 1.62. The Morgan fingerprint density at radius 3 is 2.89 bits per heavy atom. The second-order valence-electron chi connectivity index (χ2n) is 6.07. The molecular weight excluding hydrogens is 238 g/mol. The molecule has 1 fully saturated rings. The summed E-state index contributed by atoms with van der Waals surface area (Å²) in [5, 5.41) is 3.23. The number of oxazole rings is 1. The summed E-state index contributed by atoms with van der Waals surface area (Å²) in [4.78, 5) is 7.15. The number of nitrogens with one attached hydrogen (secondary N) is 1. The summed E-state index contributed by atoms with van der Waals surface area (Å²) in [7, 11) is 1.98. The maximum absolute atomic E-state index is 5.61. The molecule has 108 valence electrons. The highest BCUT2D eigenvalue weighted by atomic mass is 16.3. The lowest BCUT2D eigenvalue weighted by atomic mass is 10.1. The van der Waals surface area contributed by atoms with Gasteiger partial charge in [-0.1, -0.05) is 0 Å². The predicted molar refractivity (Wildman–Crippen MR) is 77.2 cm³/mol. The van der Waals surface area contributed by atoms with Crippen molar-refractivity contribution in [3.63, 3.8) is 0 Å². The van der Waals surface area contributed by atoms with E-state index >= 15 is 0 Å². The van der Waals surface area contributed by atoms with Gasteiger partial charge in [0.2, 0.25) is 0 Å². The number of likely N-dealkylation sites (N-methyl/N-ethyl adjacent to an activating group) is 1. The SMILES string of the molecule is CNC(C)Cc1coc(CC2CCN(C(C)C)C2)n1. The first kappa shape index (κ1) is 14.5. The number of likely N-dealkylation sites (tertiary alicyclic amines) is 1. The van der Waals surface area contributed by atoms with Gasteiger partial charge in [0.1, 0.15) is 6.26 Å². The third-order valence-electron chi connectivity index (χ3n) is 4.12. The molecule has 1 saturated heterocycles. The second-order valence-corrected chi connectivity index (χ2v) is 6.07. The van der Waals surface area contributed by atoms with E-state index in [1.54, 1.807) is 0 Å². The summed E-state index contributed by atoms with van der Waals surface area (Å²) >= 11 is 0. The predicted octanol–water partition coefficient (Wildman–Crippen LogP) is 2.10. The number of hydrogen-bond donors (Lipinski definition) is 1. The van der Waals surface area contributed by atoms with E-state index in [-0.39, 0.29) is 0 Å². The van der Waals surface area contributed by atoms with Gasteiger partial charge in [-0.2, -0.15) is 0 Å². The third-order valence-corrected chi connectivity index (χ3v) is 4.12. The molecule has 0 amide bonds. The minimum atomic E-state index is 0.445. The van der Waals surface area contributed by atoms with Crippen molar-refractivity contribution in [1.29, 1.82) is 0 Å². The van der Waals surface area contributed by atoms with Crippen molar-refractivity contribution in [1.82, 2.24) is 15.2 Å². The molecule has 0 spiro atoms. The van der Waals surface area contributed by atoms with Crippen molar-refractivity contribution < 1.29 is 4.42 Å². The Balaban J connectivity index is 1.84. The summed E-state index contributed by atoms with van der Waals surface area (Å²) in [6, 6.07) is 1.10. The highest BCUT2D eigenvalue weighted by Crippen LogP contribution is 2.22. The molecule has 1 N–H and O–H groups in total. The first-order valence-electron chi connectivity index (χ1n) is 7.43. The molecule has 0 bridgehead atoms. The first-order valence-corrected chi connectivity index (χ1v) is 7.43. The van der Waals surface area contributed by atoms with Crippen LogP contribution in [0.3, 0.4) is 0 Å². The van der Waals surface area contributed by atoms with Gasteiger partial charge in [0.15, 0.2) is 5.89 Å². The molecule has 0 aromatic carbocycles. The fourth-order valence-corrected chi connectivity index (χ4v) is 2.70. The van der Waals surface area contributed by atoms with Gasteiger partial charge in [0, 0.05) is 31.5 Å². The zero-order valence-corrected chi connectivity index (χ0v) is 12.6. The smallest absolute Gasteiger partial charge is 0.194 e. The van der Waals surface area contributed by atoms with Gasteiger partial charge in [-0.3, -0.25) is 0 Å². The van der Waals surface area contributed by atoms with Gasteiger partial charge in [-0.25, -0.2) is 4.98 Å². The van der Waals surface area contributed by atoms with E-state index < -0.39 is 0 Å². The Morgan fingerprint density at radius 1 is 1.47 bits per heavy atom. The van der Waals surface area contributed by atoms with Crippen molar-refractivity contribution >= 4 is 0 Å². The van der Waals surface area contributed by atoms with Gasteiger partial charge in [-0.05, 0) is 46.7 Å². The molecule has 2 heterocycles. The number of nitrogens with zero attached hydrogens (tertiary/aromatic N) is 2. The van der Waals surface area contributed by atoms with Crippen molar-refractivity contribution in [3.8, 4) is 0 Å². The number of aromatic nitrogens is 1. The molecule has 19 heavy (non-hydrogen) atoms. The van der Waals surface area contributed by atoms with Crippen molar-refractivity contribution in [2.75, 3.05) is 20.1 Å². The Hall–Kier alpha value is -0.870. The summed E-state index contributed by atoms with van der Waals surface area (Å²) in [6.07, 6.45) is 5.00. The molecule has 0 saturated carbocycles. The van der Waals surface area contributed by atoms with E-state index in [0.29, 0.717) is 18.0 Å². The molecule has 2 unspecified atom stereocenters. The van der Waals surface area contributed by atoms with Crippen LogP contribution in [-0.4, -0.2) is 42.1 Å². The van der Waals surface area contributed by atoms with E-state index in [2.05, 4.69) is 36.0 Å². The molecule has 2 atom stereocenters. The molecular formula is C15H27N3O. The van der Waals surface area contributed by atoms with Crippen LogP contribution in [0.15, 0.2) is 10.7 Å². The Kier molecular flexibility index (Phi) is 4.99. The molecule has 1 aromatic heterocycles. The minimum absolute atomic E-state index is 0.445. The third kappa shape index (κ3) is 4.05. The summed E-state index contributed by atoms with van der Waals surface area (Å²) < 4.78 is 5.61. The minimum Gasteiger partial charge on any atom is -0.449 e. The summed E-state index contributed by atoms with van der Waals surface area (Å²) in [6.45, 7) is 9.09. The number of rotatable bonds is 6. The van der Waals surface area contributed by atoms with Crippen LogP contribution in [0.2, 0.25) is 0 Å². The first-order chi connectivity index (χ1) is 9.08. The van der Waals surface area contributed by atoms with E-state index in [4.69, 9.17) is 4.42 Å². The van der Waals surface area contributed by atoms with Gasteiger partial charge in [0.25, 0.3) is 0 Å². The van der Waals surface area contributed by atoms with Crippen LogP contribution in [-0.2, 0) is 12.8 Å². The highest BCUT2D eigenvalue weighted by molar-refractivity contribution is 5.00. The molecule has 4 heteroatoms. The summed E-state index contributed by atoms with van der Waals surface area (Å²) in [5.41, 5.74) is 1.07. The average molecular weight is 265 g/mol. The fraction of sp³-hybridized carbons (Fsp3) is 0.800. The Morgan fingerprint density at radius 2 is 2.26 bits per heavy atom. The van der Waals surface area contributed by atoms with Crippen LogP contribution in [0.5, 0.6) is 0 Å². The molecule has 4 nitrogen and oxygen atoms in total. The standard InChI is InChI=1S/C15H27N3O/c1-11(2)18-6-5-13(9-18)8-15-17-14(10-19-15)7-12(3)16-4/h10-13,16H,5-9H2,1-4H3. The van der Waals surface area contributed by atoms with Crippen LogP contribution in [0.25, 0.3) is 0 Å². The van der Waals surface area contributed by atoms with Crippen LogP contribution < -0.4 is 5.32 Å². The average Bonchev–Trinajstić information content (AvgIpc) is 2.99. The lowest BCUT2D eigenvalue weighted by molar-refractivity contribution is 0.262. The fourth-order valence-electron chi connectivity index (χ4n) is 2.70.